The molecular formula is C8H13NS. The molecule has 56 valence electrons. The Morgan fingerprint density at radius 1 is 1.70 bits per heavy atom. The molecule has 1 N–H and O–H groups in total. The molecule has 0 aliphatic heterocycles. The van der Waals surface area contributed by atoms with Gasteiger partial charge in [-0.1, -0.05) is 6.08 Å². The molecule has 0 aromatic heterocycles. The van der Waals surface area contributed by atoms with Gasteiger partial charge < -0.3 is 5.32 Å². The molecule has 0 saturated heterocycles. The van der Waals surface area contributed by atoms with Gasteiger partial charge in [-0.25, -0.2) is 0 Å². The van der Waals surface area contributed by atoms with E-state index in [0.717, 1.165) is 0 Å². The average molecular weight is 155 g/mol. The standard InChI is InChI=1S/C8H13NS/c1-9-7-4-3-5-8(6-7)10-2/h3-4,6,8-9H,5H2,1-2H3. The molecule has 1 atom stereocenters. The van der Waals surface area contributed by atoms with Crippen LogP contribution < -0.4 is 5.32 Å². The third kappa shape index (κ3) is 1.81. The number of hydrogen-bond acceptors (Lipinski definition) is 2. The van der Waals surface area contributed by atoms with E-state index in [4.69, 9.17) is 0 Å². The van der Waals surface area contributed by atoms with Gasteiger partial charge in [-0.15, -0.1) is 0 Å². The van der Waals surface area contributed by atoms with Gasteiger partial charge >= 0.3 is 0 Å². The molecule has 0 spiro atoms. The van der Waals surface area contributed by atoms with Crippen LogP contribution in [0.4, 0.5) is 0 Å². The fourth-order valence-electron chi connectivity index (χ4n) is 0.984. The van der Waals surface area contributed by atoms with E-state index >= 15 is 0 Å². The van der Waals surface area contributed by atoms with Crippen LogP contribution in [0.15, 0.2) is 23.9 Å². The monoisotopic (exact) mass is 155 g/mol. The minimum Gasteiger partial charge on any atom is -0.388 e. The van der Waals surface area contributed by atoms with Crippen LogP contribution in [-0.2, 0) is 0 Å². The summed E-state index contributed by atoms with van der Waals surface area (Å²) < 4.78 is 0. The Morgan fingerprint density at radius 2 is 2.50 bits per heavy atom. The lowest BCUT2D eigenvalue weighted by molar-refractivity contribution is 0.953. The quantitative estimate of drug-likeness (QED) is 0.652. The second-order valence-corrected chi connectivity index (χ2v) is 3.36. The Hall–Kier alpha value is -0.370. The van der Waals surface area contributed by atoms with Crippen LogP contribution in [0.1, 0.15) is 6.42 Å². The van der Waals surface area contributed by atoms with E-state index < -0.39 is 0 Å². The molecule has 1 rings (SSSR count). The molecule has 0 heterocycles. The van der Waals surface area contributed by atoms with Crippen LogP contribution in [0.2, 0.25) is 0 Å². The third-order valence-corrected chi connectivity index (χ3v) is 2.56. The Kier molecular flexibility index (Phi) is 2.87. The first-order valence-corrected chi connectivity index (χ1v) is 4.74. The van der Waals surface area contributed by atoms with Crippen molar-refractivity contribution in [2.45, 2.75) is 11.7 Å². The van der Waals surface area contributed by atoms with Crippen molar-refractivity contribution >= 4 is 11.8 Å². The van der Waals surface area contributed by atoms with Crippen molar-refractivity contribution in [1.82, 2.24) is 5.32 Å². The molecular weight excluding hydrogens is 142 g/mol. The second-order valence-electron chi connectivity index (χ2n) is 2.28. The number of thioether (sulfide) groups is 1. The molecule has 0 fully saturated rings. The largest absolute Gasteiger partial charge is 0.388 e. The number of likely N-dealkylation sites (N-methyl/N-ethyl adjacent to an activating group) is 1. The van der Waals surface area contributed by atoms with Crippen molar-refractivity contribution in [3.8, 4) is 0 Å². The normalized spacial score (nSPS) is 24.2. The van der Waals surface area contributed by atoms with E-state index in [9.17, 15) is 0 Å². The number of allylic oxidation sites excluding steroid dienone is 2. The minimum atomic E-state index is 0.674. The molecule has 1 aliphatic carbocycles. The summed E-state index contributed by atoms with van der Waals surface area (Å²) in [7, 11) is 1.96. The predicted octanol–water partition coefficient (Wildman–Crippen LogP) is 1.78. The van der Waals surface area contributed by atoms with E-state index in [1.165, 1.54) is 12.1 Å². The summed E-state index contributed by atoms with van der Waals surface area (Å²) in [4.78, 5) is 0. The molecule has 10 heavy (non-hydrogen) atoms. The summed E-state index contributed by atoms with van der Waals surface area (Å²) in [6.45, 7) is 0. The number of nitrogens with one attached hydrogen (secondary N) is 1. The van der Waals surface area contributed by atoms with Gasteiger partial charge in [-0.2, -0.15) is 11.8 Å². The summed E-state index contributed by atoms with van der Waals surface area (Å²) in [5, 5.41) is 3.80. The molecule has 0 aromatic rings. The van der Waals surface area contributed by atoms with Crippen molar-refractivity contribution in [3.63, 3.8) is 0 Å². The molecule has 0 radical (unpaired) electrons. The van der Waals surface area contributed by atoms with Gasteiger partial charge in [-0.3, -0.25) is 0 Å². The topological polar surface area (TPSA) is 12.0 Å². The first-order valence-electron chi connectivity index (χ1n) is 3.45. The lowest BCUT2D eigenvalue weighted by Crippen LogP contribution is -2.10. The summed E-state index contributed by atoms with van der Waals surface area (Å²) in [5.41, 5.74) is 1.24. The second kappa shape index (κ2) is 3.71. The van der Waals surface area contributed by atoms with Crippen LogP contribution in [0, 0.1) is 0 Å². The average Bonchev–Trinajstić information content (AvgIpc) is 2.05. The van der Waals surface area contributed by atoms with Crippen molar-refractivity contribution in [1.29, 1.82) is 0 Å². The van der Waals surface area contributed by atoms with Crippen molar-refractivity contribution in [3.05, 3.63) is 23.9 Å². The molecule has 2 heteroatoms. The zero-order valence-corrected chi connectivity index (χ0v) is 7.24. The highest BCUT2D eigenvalue weighted by Gasteiger charge is 2.05. The minimum absolute atomic E-state index is 0.674. The molecule has 0 saturated carbocycles. The Balaban J connectivity index is 2.56. The first-order chi connectivity index (χ1) is 4.86. The highest BCUT2D eigenvalue weighted by Crippen LogP contribution is 2.18. The van der Waals surface area contributed by atoms with Crippen molar-refractivity contribution in [2.75, 3.05) is 13.3 Å². The highest BCUT2D eigenvalue weighted by molar-refractivity contribution is 7.99. The predicted molar refractivity (Wildman–Crippen MR) is 48.2 cm³/mol. The van der Waals surface area contributed by atoms with Crippen LogP contribution in [0.3, 0.4) is 0 Å². The van der Waals surface area contributed by atoms with Gasteiger partial charge in [-0.05, 0) is 24.8 Å². The summed E-state index contributed by atoms with van der Waals surface area (Å²) in [6.07, 6.45) is 9.93. The molecule has 0 aromatic carbocycles. The summed E-state index contributed by atoms with van der Waals surface area (Å²) in [6, 6.07) is 0. The maximum atomic E-state index is 3.13. The lowest BCUT2D eigenvalue weighted by atomic mass is 10.1. The fraction of sp³-hybridized carbons (Fsp3) is 0.500. The van der Waals surface area contributed by atoms with Gasteiger partial charge in [0.15, 0.2) is 0 Å². The van der Waals surface area contributed by atoms with Gasteiger partial charge in [0.1, 0.15) is 0 Å². The van der Waals surface area contributed by atoms with Crippen LogP contribution in [0.5, 0.6) is 0 Å². The number of rotatable bonds is 2. The zero-order chi connectivity index (χ0) is 7.40. The van der Waals surface area contributed by atoms with E-state index in [1.807, 2.05) is 18.8 Å². The van der Waals surface area contributed by atoms with E-state index in [2.05, 4.69) is 29.8 Å². The SMILES string of the molecule is CNC1=CC(SC)CC=C1. The fourth-order valence-corrected chi connectivity index (χ4v) is 1.57. The third-order valence-electron chi connectivity index (χ3n) is 1.62. The summed E-state index contributed by atoms with van der Waals surface area (Å²) in [5.74, 6) is 0. The van der Waals surface area contributed by atoms with E-state index in [1.54, 1.807) is 0 Å². The Morgan fingerprint density at radius 3 is 3.10 bits per heavy atom. The Labute approximate surface area is 66.6 Å². The van der Waals surface area contributed by atoms with Crippen LogP contribution >= 0.6 is 11.8 Å². The molecule has 1 aliphatic rings. The van der Waals surface area contributed by atoms with Crippen LogP contribution in [-0.4, -0.2) is 18.6 Å². The van der Waals surface area contributed by atoms with E-state index in [-0.39, 0.29) is 0 Å². The van der Waals surface area contributed by atoms with Gasteiger partial charge in [0, 0.05) is 18.0 Å². The highest BCUT2D eigenvalue weighted by atomic mass is 32.2. The zero-order valence-electron chi connectivity index (χ0n) is 6.42. The molecule has 0 bridgehead atoms. The maximum absolute atomic E-state index is 3.13. The van der Waals surface area contributed by atoms with Gasteiger partial charge in [0.05, 0.1) is 0 Å². The van der Waals surface area contributed by atoms with Gasteiger partial charge in [0.25, 0.3) is 0 Å². The Bertz CT molecular complexity index is 161. The van der Waals surface area contributed by atoms with Crippen molar-refractivity contribution in [2.24, 2.45) is 0 Å². The first kappa shape index (κ1) is 7.73. The van der Waals surface area contributed by atoms with Crippen LogP contribution in [0.25, 0.3) is 0 Å². The summed E-state index contributed by atoms with van der Waals surface area (Å²) >= 11 is 1.90. The van der Waals surface area contributed by atoms with Gasteiger partial charge in [0.2, 0.25) is 0 Å². The van der Waals surface area contributed by atoms with Crippen molar-refractivity contribution < 1.29 is 0 Å². The molecule has 0 amide bonds. The molecule has 1 nitrogen and oxygen atoms in total. The van der Waals surface area contributed by atoms with E-state index in [0.29, 0.717) is 5.25 Å². The smallest absolute Gasteiger partial charge is 0.0305 e. The number of hydrogen-bond donors (Lipinski definition) is 1. The maximum Gasteiger partial charge on any atom is 0.0305 e. The lowest BCUT2D eigenvalue weighted by Gasteiger charge is -2.13. The molecule has 1 unspecified atom stereocenters.